The Kier molecular flexibility index (Phi) is 4.79. The largest absolute Gasteiger partial charge is 0.427 e. The molecule has 1 aliphatic rings. The van der Waals surface area contributed by atoms with E-state index in [1.54, 1.807) is 0 Å². The fraction of sp³-hybridized carbons (Fsp3) is 0.375. The number of fused-ring (bicyclic) bond motifs is 1. The monoisotopic (exact) mass is 348 g/mol. The first-order valence-electron chi connectivity index (χ1n) is 9.30. The quantitative estimate of drug-likeness (QED) is 0.379. The maximum atomic E-state index is 11.0. The predicted molar refractivity (Wildman–Crippen MR) is 108 cm³/mol. The zero-order valence-electron chi connectivity index (χ0n) is 16.4. The summed E-state index contributed by atoms with van der Waals surface area (Å²) in [5.74, 6) is 0.281. The average Bonchev–Trinajstić information content (AvgIpc) is 2.58. The second-order valence-corrected chi connectivity index (χ2v) is 8.53. The third-order valence-electron chi connectivity index (χ3n) is 5.47. The molecule has 2 aromatic rings. The Hall–Kier alpha value is -2.35. The Morgan fingerprint density at radius 1 is 0.923 bits per heavy atom. The summed E-state index contributed by atoms with van der Waals surface area (Å²) in [5, 5.41) is 0. The second-order valence-electron chi connectivity index (χ2n) is 8.53. The number of carbonyl (C=O) groups excluding carboxylic acids is 1. The van der Waals surface area contributed by atoms with Gasteiger partial charge in [0.1, 0.15) is 5.75 Å². The summed E-state index contributed by atoms with van der Waals surface area (Å²) in [6.07, 6.45) is 6.76. The molecule has 3 rings (SSSR count). The van der Waals surface area contributed by atoms with Gasteiger partial charge in [-0.15, -0.1) is 0 Å². The molecule has 2 heteroatoms. The first kappa shape index (κ1) is 18.4. The smallest absolute Gasteiger partial charge is 0.308 e. The number of esters is 1. The molecule has 0 N–H and O–H groups in total. The summed E-state index contributed by atoms with van der Waals surface area (Å²) < 4.78 is 5.09. The molecule has 0 bridgehead atoms. The van der Waals surface area contributed by atoms with Crippen LogP contribution in [-0.2, 0) is 15.6 Å². The van der Waals surface area contributed by atoms with Crippen LogP contribution in [0.5, 0.6) is 5.75 Å². The van der Waals surface area contributed by atoms with Gasteiger partial charge in [-0.05, 0) is 58.1 Å². The fourth-order valence-electron chi connectivity index (χ4n) is 3.91. The number of rotatable bonds is 3. The molecule has 0 unspecified atom stereocenters. The minimum absolute atomic E-state index is 0.185. The number of carbonyl (C=O) groups is 1. The molecule has 0 fully saturated rings. The van der Waals surface area contributed by atoms with Gasteiger partial charge in [-0.1, -0.05) is 70.2 Å². The summed E-state index contributed by atoms with van der Waals surface area (Å²) >= 11 is 0. The highest BCUT2D eigenvalue weighted by molar-refractivity contribution is 5.74. The number of ether oxygens (including phenoxy) is 1. The van der Waals surface area contributed by atoms with Crippen LogP contribution in [0.1, 0.15) is 69.7 Å². The van der Waals surface area contributed by atoms with E-state index in [1.165, 1.54) is 36.5 Å². The van der Waals surface area contributed by atoms with Crippen molar-refractivity contribution in [2.75, 3.05) is 0 Å². The van der Waals surface area contributed by atoms with Crippen LogP contribution in [0.2, 0.25) is 0 Å². The fourth-order valence-corrected chi connectivity index (χ4v) is 3.91. The van der Waals surface area contributed by atoms with E-state index in [0.717, 1.165) is 5.56 Å². The number of hydrogen-bond donors (Lipinski definition) is 0. The standard InChI is InChI=1S/C24H28O2/c1-17(25)26-20-13-10-18(11-14-20)9-12-19-7-6-8-21-22(19)24(4,5)16-15-23(21,2)3/h6-14H,15-16H2,1-5H3. The van der Waals surface area contributed by atoms with Gasteiger partial charge < -0.3 is 4.74 Å². The highest BCUT2D eigenvalue weighted by Gasteiger charge is 2.37. The van der Waals surface area contributed by atoms with Crippen LogP contribution in [0.15, 0.2) is 42.5 Å². The summed E-state index contributed by atoms with van der Waals surface area (Å²) in [7, 11) is 0. The first-order chi connectivity index (χ1) is 12.2. The second kappa shape index (κ2) is 6.75. The van der Waals surface area contributed by atoms with E-state index in [2.05, 4.69) is 58.0 Å². The van der Waals surface area contributed by atoms with E-state index in [9.17, 15) is 4.79 Å². The van der Waals surface area contributed by atoms with Crippen molar-refractivity contribution in [3.63, 3.8) is 0 Å². The van der Waals surface area contributed by atoms with Crippen molar-refractivity contribution in [2.24, 2.45) is 0 Å². The summed E-state index contributed by atoms with van der Waals surface area (Å²) in [6.45, 7) is 10.8. The van der Waals surface area contributed by atoms with Gasteiger partial charge in [-0.3, -0.25) is 4.79 Å². The molecule has 0 saturated heterocycles. The highest BCUT2D eigenvalue weighted by atomic mass is 16.5. The minimum Gasteiger partial charge on any atom is -0.427 e. The minimum atomic E-state index is -0.297. The third kappa shape index (κ3) is 3.75. The van der Waals surface area contributed by atoms with E-state index in [4.69, 9.17) is 4.74 Å². The maximum Gasteiger partial charge on any atom is 0.308 e. The van der Waals surface area contributed by atoms with Gasteiger partial charge in [0.05, 0.1) is 0 Å². The van der Waals surface area contributed by atoms with Gasteiger partial charge in [0.2, 0.25) is 0 Å². The summed E-state index contributed by atoms with van der Waals surface area (Å²) in [5.41, 5.74) is 5.74. The summed E-state index contributed by atoms with van der Waals surface area (Å²) in [6, 6.07) is 14.3. The third-order valence-corrected chi connectivity index (χ3v) is 5.47. The van der Waals surface area contributed by atoms with Crippen LogP contribution in [0.3, 0.4) is 0 Å². The topological polar surface area (TPSA) is 26.3 Å². The number of hydrogen-bond acceptors (Lipinski definition) is 2. The SMILES string of the molecule is CC(=O)Oc1ccc(C=Cc2cccc3c2C(C)(C)CCC3(C)C)cc1. The predicted octanol–water partition coefficient (Wildman–Crippen LogP) is 6.13. The van der Waals surface area contributed by atoms with Crippen LogP contribution in [0, 0.1) is 0 Å². The zero-order chi connectivity index (χ0) is 18.9. The lowest BCUT2D eigenvalue weighted by atomic mass is 9.62. The molecule has 2 aromatic carbocycles. The molecule has 0 spiro atoms. The Balaban J connectivity index is 1.94. The van der Waals surface area contributed by atoms with Gasteiger partial charge in [0, 0.05) is 6.92 Å². The van der Waals surface area contributed by atoms with Crippen molar-refractivity contribution in [3.8, 4) is 5.75 Å². The van der Waals surface area contributed by atoms with E-state index >= 15 is 0 Å². The van der Waals surface area contributed by atoms with Crippen molar-refractivity contribution in [1.82, 2.24) is 0 Å². The molecule has 0 aromatic heterocycles. The van der Waals surface area contributed by atoms with Crippen molar-refractivity contribution in [1.29, 1.82) is 0 Å². The van der Waals surface area contributed by atoms with E-state index in [-0.39, 0.29) is 16.8 Å². The molecule has 0 saturated carbocycles. The molecule has 0 aliphatic heterocycles. The lowest BCUT2D eigenvalue weighted by Gasteiger charge is -2.42. The number of benzene rings is 2. The Bertz CT molecular complexity index is 839. The highest BCUT2D eigenvalue weighted by Crippen LogP contribution is 2.47. The van der Waals surface area contributed by atoms with Crippen LogP contribution in [0.4, 0.5) is 0 Å². The van der Waals surface area contributed by atoms with Crippen LogP contribution in [-0.4, -0.2) is 5.97 Å². The van der Waals surface area contributed by atoms with Crippen LogP contribution < -0.4 is 4.74 Å². The molecule has 0 heterocycles. The molecule has 0 atom stereocenters. The molecule has 1 aliphatic carbocycles. The first-order valence-corrected chi connectivity index (χ1v) is 9.30. The molecule has 0 radical (unpaired) electrons. The molecular formula is C24H28O2. The lowest BCUT2D eigenvalue weighted by Crippen LogP contribution is -2.34. The van der Waals surface area contributed by atoms with Crippen molar-refractivity contribution in [3.05, 3.63) is 64.7 Å². The van der Waals surface area contributed by atoms with Crippen molar-refractivity contribution in [2.45, 2.75) is 58.3 Å². The Morgan fingerprint density at radius 2 is 1.58 bits per heavy atom. The lowest BCUT2D eigenvalue weighted by molar-refractivity contribution is -0.131. The van der Waals surface area contributed by atoms with Crippen LogP contribution >= 0.6 is 0 Å². The van der Waals surface area contributed by atoms with E-state index in [0.29, 0.717) is 5.75 Å². The molecule has 2 nitrogen and oxygen atoms in total. The maximum absolute atomic E-state index is 11.0. The van der Waals surface area contributed by atoms with Gasteiger partial charge in [0.15, 0.2) is 0 Å². The molecule has 136 valence electrons. The van der Waals surface area contributed by atoms with E-state index < -0.39 is 0 Å². The van der Waals surface area contributed by atoms with Gasteiger partial charge >= 0.3 is 5.97 Å². The Morgan fingerprint density at radius 3 is 2.23 bits per heavy atom. The van der Waals surface area contributed by atoms with Gasteiger partial charge in [-0.2, -0.15) is 0 Å². The van der Waals surface area contributed by atoms with Crippen molar-refractivity contribution >= 4 is 18.1 Å². The Labute approximate surface area is 156 Å². The average molecular weight is 348 g/mol. The molecular weight excluding hydrogens is 320 g/mol. The van der Waals surface area contributed by atoms with Gasteiger partial charge in [-0.25, -0.2) is 0 Å². The summed E-state index contributed by atoms with van der Waals surface area (Å²) in [4.78, 5) is 11.0. The van der Waals surface area contributed by atoms with Gasteiger partial charge in [0.25, 0.3) is 0 Å². The molecule has 26 heavy (non-hydrogen) atoms. The van der Waals surface area contributed by atoms with Crippen LogP contribution in [0.25, 0.3) is 12.2 Å². The normalized spacial score (nSPS) is 17.7. The van der Waals surface area contributed by atoms with Crippen molar-refractivity contribution < 1.29 is 9.53 Å². The zero-order valence-corrected chi connectivity index (χ0v) is 16.4. The molecule has 0 amide bonds. The van der Waals surface area contributed by atoms with E-state index in [1.807, 2.05) is 24.3 Å².